The molecule has 0 saturated carbocycles. The van der Waals surface area contributed by atoms with E-state index in [-0.39, 0.29) is 30.3 Å². The van der Waals surface area contributed by atoms with E-state index in [0.29, 0.717) is 34.8 Å². The first-order chi connectivity index (χ1) is 14.0. The number of cyclic esters (lactones) is 1. The Bertz CT molecular complexity index is 1020. The van der Waals surface area contributed by atoms with Crippen molar-refractivity contribution in [3.63, 3.8) is 0 Å². The Balaban J connectivity index is 1.50. The van der Waals surface area contributed by atoms with Gasteiger partial charge in [-0.15, -0.1) is 0 Å². The predicted octanol–water partition coefficient (Wildman–Crippen LogP) is 3.57. The lowest BCUT2D eigenvalue weighted by Gasteiger charge is -2.07. The average molecular weight is 393 g/mol. The van der Waals surface area contributed by atoms with Crippen LogP contribution in [0, 0.1) is 5.92 Å². The number of rotatable bonds is 5. The molecular weight excluding hydrogens is 374 g/mol. The van der Waals surface area contributed by atoms with Crippen molar-refractivity contribution in [1.82, 2.24) is 0 Å². The third-order valence-corrected chi connectivity index (χ3v) is 4.24. The van der Waals surface area contributed by atoms with Crippen LogP contribution in [0.5, 0.6) is 11.5 Å². The zero-order valence-corrected chi connectivity index (χ0v) is 16.0. The zero-order chi connectivity index (χ0) is 20.4. The van der Waals surface area contributed by atoms with E-state index in [9.17, 15) is 9.59 Å². The van der Waals surface area contributed by atoms with E-state index in [1.54, 1.807) is 48.5 Å². The summed E-state index contributed by atoms with van der Waals surface area (Å²) >= 11 is 0. The van der Waals surface area contributed by atoms with Crippen LogP contribution >= 0.6 is 0 Å². The lowest BCUT2D eigenvalue weighted by atomic mass is 10.1. The SMILES string of the molecule is CC(C)COC(=O)c1ccc(/C=C2\N=C(c3ccc4c(c3)OCO4)OC2=O)cc1. The van der Waals surface area contributed by atoms with Gasteiger partial charge in [-0.25, -0.2) is 14.6 Å². The molecule has 7 heteroatoms. The molecule has 0 aliphatic carbocycles. The highest BCUT2D eigenvalue weighted by atomic mass is 16.7. The Morgan fingerprint density at radius 3 is 2.66 bits per heavy atom. The first-order valence-corrected chi connectivity index (χ1v) is 9.19. The van der Waals surface area contributed by atoms with E-state index >= 15 is 0 Å². The predicted molar refractivity (Wildman–Crippen MR) is 105 cm³/mol. The van der Waals surface area contributed by atoms with Gasteiger partial charge in [-0.1, -0.05) is 26.0 Å². The van der Waals surface area contributed by atoms with E-state index in [4.69, 9.17) is 18.9 Å². The van der Waals surface area contributed by atoms with E-state index in [2.05, 4.69) is 4.99 Å². The fourth-order valence-electron chi connectivity index (χ4n) is 2.76. The lowest BCUT2D eigenvalue weighted by molar-refractivity contribution is -0.129. The second-order valence-corrected chi connectivity index (χ2v) is 7.02. The molecule has 2 aliphatic heterocycles. The number of nitrogens with zero attached hydrogens (tertiary/aromatic N) is 1. The molecule has 2 aromatic carbocycles. The van der Waals surface area contributed by atoms with Crippen LogP contribution in [-0.2, 0) is 14.3 Å². The zero-order valence-electron chi connectivity index (χ0n) is 16.0. The summed E-state index contributed by atoms with van der Waals surface area (Å²) in [7, 11) is 0. The van der Waals surface area contributed by atoms with Gasteiger partial charge in [0.25, 0.3) is 0 Å². The minimum atomic E-state index is -0.543. The van der Waals surface area contributed by atoms with Crippen LogP contribution < -0.4 is 9.47 Å². The maximum absolute atomic E-state index is 12.2. The van der Waals surface area contributed by atoms with Crippen LogP contribution in [0.3, 0.4) is 0 Å². The Morgan fingerprint density at radius 2 is 1.90 bits per heavy atom. The van der Waals surface area contributed by atoms with Crippen LogP contribution in [0.15, 0.2) is 53.2 Å². The van der Waals surface area contributed by atoms with Gasteiger partial charge < -0.3 is 18.9 Å². The molecule has 0 atom stereocenters. The molecule has 4 rings (SSSR count). The molecule has 0 unspecified atom stereocenters. The minimum absolute atomic E-state index is 0.164. The molecule has 0 saturated heterocycles. The van der Waals surface area contributed by atoms with Gasteiger partial charge in [0.15, 0.2) is 17.2 Å². The first-order valence-electron chi connectivity index (χ1n) is 9.19. The van der Waals surface area contributed by atoms with Crippen molar-refractivity contribution in [2.24, 2.45) is 10.9 Å². The highest BCUT2D eigenvalue weighted by molar-refractivity contribution is 6.13. The van der Waals surface area contributed by atoms with Crippen molar-refractivity contribution < 1.29 is 28.5 Å². The Hall–Kier alpha value is -3.61. The van der Waals surface area contributed by atoms with E-state index < -0.39 is 5.97 Å². The normalized spacial score (nSPS) is 16.2. The molecule has 0 N–H and O–H groups in total. The Kier molecular flexibility index (Phi) is 5.03. The number of ether oxygens (including phenoxy) is 4. The number of carbonyl (C=O) groups is 2. The van der Waals surface area contributed by atoms with E-state index in [0.717, 1.165) is 0 Å². The molecule has 0 aromatic heterocycles. The van der Waals surface area contributed by atoms with Gasteiger partial charge in [0.1, 0.15) is 0 Å². The third kappa shape index (κ3) is 4.13. The maximum atomic E-state index is 12.2. The second kappa shape index (κ2) is 7.79. The van der Waals surface area contributed by atoms with E-state index in [1.807, 2.05) is 13.8 Å². The summed E-state index contributed by atoms with van der Waals surface area (Å²) in [6.45, 7) is 4.48. The fraction of sp³-hybridized carbons (Fsp3) is 0.227. The van der Waals surface area contributed by atoms with Gasteiger partial charge in [0, 0.05) is 5.56 Å². The summed E-state index contributed by atoms with van der Waals surface area (Å²) < 4.78 is 21.1. The standard InChI is InChI=1S/C22H19NO6/c1-13(2)11-26-21(24)15-5-3-14(4-6-15)9-17-22(25)29-20(23-17)16-7-8-18-19(10-16)28-12-27-18/h3-10,13H,11-12H2,1-2H3/b17-9-. The largest absolute Gasteiger partial charge is 0.462 e. The summed E-state index contributed by atoms with van der Waals surface area (Å²) in [5.74, 6) is 0.779. The molecule has 0 spiro atoms. The van der Waals surface area contributed by atoms with Crippen LogP contribution in [0.1, 0.15) is 35.3 Å². The van der Waals surface area contributed by atoms with Crippen LogP contribution in [0.2, 0.25) is 0 Å². The molecule has 0 radical (unpaired) electrons. The summed E-state index contributed by atoms with van der Waals surface area (Å²) in [6.07, 6.45) is 1.60. The molecule has 2 aliphatic rings. The molecule has 148 valence electrons. The number of aliphatic imine (C=N–C) groups is 1. The van der Waals surface area contributed by atoms with Crippen molar-refractivity contribution in [3.05, 3.63) is 64.9 Å². The Labute approximate surface area is 167 Å². The van der Waals surface area contributed by atoms with Gasteiger partial charge in [0.2, 0.25) is 12.7 Å². The number of esters is 2. The van der Waals surface area contributed by atoms with Crippen molar-refractivity contribution in [1.29, 1.82) is 0 Å². The third-order valence-electron chi connectivity index (χ3n) is 4.24. The smallest absolute Gasteiger partial charge is 0.363 e. The molecule has 0 bridgehead atoms. The topological polar surface area (TPSA) is 83.4 Å². The molecule has 0 amide bonds. The maximum Gasteiger partial charge on any atom is 0.363 e. The van der Waals surface area contributed by atoms with Gasteiger partial charge in [-0.3, -0.25) is 0 Å². The van der Waals surface area contributed by atoms with Gasteiger partial charge >= 0.3 is 11.9 Å². The number of carbonyl (C=O) groups excluding carboxylic acids is 2. The highest BCUT2D eigenvalue weighted by Gasteiger charge is 2.26. The number of fused-ring (bicyclic) bond motifs is 1. The first kappa shape index (κ1) is 18.7. The number of hydrogen-bond acceptors (Lipinski definition) is 7. The summed E-state index contributed by atoms with van der Waals surface area (Å²) in [5, 5.41) is 0. The number of hydrogen-bond donors (Lipinski definition) is 0. The molecule has 2 aromatic rings. The highest BCUT2D eigenvalue weighted by Crippen LogP contribution is 2.33. The molecule has 7 nitrogen and oxygen atoms in total. The van der Waals surface area contributed by atoms with Gasteiger partial charge in [-0.2, -0.15) is 0 Å². The molecule has 0 fully saturated rings. The van der Waals surface area contributed by atoms with Crippen molar-refractivity contribution in [2.45, 2.75) is 13.8 Å². The lowest BCUT2D eigenvalue weighted by Crippen LogP contribution is -2.10. The number of benzene rings is 2. The molecular formula is C22H19NO6. The quantitative estimate of drug-likeness (QED) is 0.570. The van der Waals surface area contributed by atoms with Crippen molar-refractivity contribution >= 4 is 23.9 Å². The van der Waals surface area contributed by atoms with Gasteiger partial charge in [0.05, 0.1) is 12.2 Å². The van der Waals surface area contributed by atoms with Crippen LogP contribution in [-0.4, -0.2) is 31.2 Å². The average Bonchev–Trinajstić information content (AvgIpc) is 3.32. The summed E-state index contributed by atoms with van der Waals surface area (Å²) in [4.78, 5) is 28.5. The monoisotopic (exact) mass is 393 g/mol. The van der Waals surface area contributed by atoms with Crippen molar-refractivity contribution in [2.75, 3.05) is 13.4 Å². The van der Waals surface area contributed by atoms with Crippen molar-refractivity contribution in [3.8, 4) is 11.5 Å². The minimum Gasteiger partial charge on any atom is -0.462 e. The van der Waals surface area contributed by atoms with Crippen LogP contribution in [0.4, 0.5) is 0 Å². The Morgan fingerprint density at radius 1 is 1.14 bits per heavy atom. The van der Waals surface area contributed by atoms with Crippen LogP contribution in [0.25, 0.3) is 6.08 Å². The fourth-order valence-corrected chi connectivity index (χ4v) is 2.76. The summed E-state index contributed by atoms with van der Waals surface area (Å²) in [6, 6.07) is 12.0. The van der Waals surface area contributed by atoms with E-state index in [1.165, 1.54) is 0 Å². The van der Waals surface area contributed by atoms with Gasteiger partial charge in [-0.05, 0) is 47.9 Å². The second-order valence-electron chi connectivity index (χ2n) is 7.02. The molecule has 2 heterocycles. The summed E-state index contributed by atoms with van der Waals surface area (Å²) in [5.41, 5.74) is 1.96. The molecule has 29 heavy (non-hydrogen) atoms.